The summed E-state index contributed by atoms with van der Waals surface area (Å²) in [6.45, 7) is 0.599. The average molecular weight is 469 g/mol. The Morgan fingerprint density at radius 2 is 1.88 bits per heavy atom. The Balaban J connectivity index is 0.00000243. The number of rotatable bonds is 5. The van der Waals surface area contributed by atoms with E-state index in [-0.39, 0.29) is 35.2 Å². The minimum atomic E-state index is -0.209. The zero-order valence-corrected chi connectivity index (χ0v) is 17.2. The molecular weight excluding hydrogens is 444 g/mol. The lowest BCUT2D eigenvalue weighted by Gasteiger charge is -2.28. The minimum Gasteiger partial charge on any atom is -0.497 e. The second-order valence-corrected chi connectivity index (χ2v) is 6.55. The van der Waals surface area contributed by atoms with Gasteiger partial charge in [-0.15, -0.1) is 24.0 Å². The molecule has 26 heavy (non-hydrogen) atoms. The summed E-state index contributed by atoms with van der Waals surface area (Å²) in [6, 6.07) is 14.4. The van der Waals surface area contributed by atoms with Crippen molar-refractivity contribution in [3.8, 4) is 5.75 Å². The molecule has 0 atom stereocenters. The van der Waals surface area contributed by atoms with Crippen LogP contribution in [0.4, 0.5) is 10.1 Å². The van der Waals surface area contributed by atoms with Crippen molar-refractivity contribution in [2.45, 2.75) is 31.1 Å². The molecule has 3 N–H and O–H groups in total. The molecule has 0 unspecified atom stereocenters. The molecule has 1 saturated carbocycles. The van der Waals surface area contributed by atoms with Gasteiger partial charge in [0.25, 0.3) is 0 Å². The second kappa shape index (κ2) is 9.21. The number of hydrogen-bond donors (Lipinski definition) is 2. The molecule has 1 aliphatic carbocycles. The minimum absolute atomic E-state index is 0. The van der Waals surface area contributed by atoms with Crippen LogP contribution in [0.5, 0.6) is 5.75 Å². The number of nitrogens with zero attached hydrogens (tertiary/aromatic N) is 1. The van der Waals surface area contributed by atoms with E-state index in [1.165, 1.54) is 12.1 Å². The van der Waals surface area contributed by atoms with Crippen LogP contribution >= 0.6 is 24.0 Å². The Morgan fingerprint density at radius 3 is 2.54 bits per heavy atom. The lowest BCUT2D eigenvalue weighted by Crippen LogP contribution is -2.30. The Kier molecular flexibility index (Phi) is 7.25. The smallest absolute Gasteiger partial charge is 0.193 e. The number of nitrogens with one attached hydrogen (secondary N) is 1. The van der Waals surface area contributed by atoms with Gasteiger partial charge in [-0.2, -0.15) is 0 Å². The number of benzene rings is 2. The van der Waals surface area contributed by atoms with Crippen LogP contribution in [0.15, 0.2) is 53.5 Å². The summed E-state index contributed by atoms with van der Waals surface area (Å²) in [5.74, 6) is 0.928. The van der Waals surface area contributed by atoms with Crippen molar-refractivity contribution >= 4 is 35.6 Å². The van der Waals surface area contributed by atoms with Gasteiger partial charge in [-0.1, -0.05) is 31.0 Å². The number of methoxy groups -OCH3 is 1. The molecule has 0 heterocycles. The van der Waals surface area contributed by atoms with E-state index in [2.05, 4.69) is 10.3 Å². The quantitative estimate of drug-likeness (QED) is 0.380. The van der Waals surface area contributed by atoms with Crippen LogP contribution in [0.3, 0.4) is 0 Å². The fourth-order valence-corrected chi connectivity index (χ4v) is 3.52. The molecule has 0 saturated heterocycles. The van der Waals surface area contributed by atoms with Crippen molar-refractivity contribution in [3.63, 3.8) is 0 Å². The van der Waals surface area contributed by atoms with E-state index in [9.17, 15) is 4.39 Å². The molecular formula is C20H25FIN3O. The summed E-state index contributed by atoms with van der Waals surface area (Å²) in [5.41, 5.74) is 8.01. The first-order valence-corrected chi connectivity index (χ1v) is 8.58. The van der Waals surface area contributed by atoms with Crippen LogP contribution in [-0.2, 0) is 5.41 Å². The Labute approximate surface area is 171 Å². The Hall–Kier alpha value is -1.83. The number of ether oxygens (including phenoxy) is 1. The zero-order chi connectivity index (χ0) is 17.7. The highest BCUT2D eigenvalue weighted by Crippen LogP contribution is 2.41. The largest absolute Gasteiger partial charge is 0.497 e. The summed E-state index contributed by atoms with van der Waals surface area (Å²) in [4.78, 5) is 4.58. The fourth-order valence-electron chi connectivity index (χ4n) is 3.52. The summed E-state index contributed by atoms with van der Waals surface area (Å²) in [6.07, 6.45) is 4.43. The van der Waals surface area contributed by atoms with Gasteiger partial charge in [0.05, 0.1) is 13.7 Å². The third kappa shape index (κ3) is 4.87. The molecule has 0 spiro atoms. The molecule has 3 rings (SSSR count). The van der Waals surface area contributed by atoms with Crippen molar-refractivity contribution in [1.82, 2.24) is 0 Å². The van der Waals surface area contributed by atoms with E-state index in [1.54, 1.807) is 7.11 Å². The number of hydrogen-bond acceptors (Lipinski definition) is 2. The monoisotopic (exact) mass is 469 g/mol. The van der Waals surface area contributed by atoms with Crippen LogP contribution in [0.1, 0.15) is 31.2 Å². The van der Waals surface area contributed by atoms with Gasteiger partial charge in [0.2, 0.25) is 0 Å². The van der Waals surface area contributed by atoms with Gasteiger partial charge in [0.15, 0.2) is 5.96 Å². The van der Waals surface area contributed by atoms with Gasteiger partial charge < -0.3 is 15.8 Å². The third-order valence-electron chi connectivity index (χ3n) is 4.91. The van der Waals surface area contributed by atoms with E-state index < -0.39 is 0 Å². The molecule has 140 valence electrons. The van der Waals surface area contributed by atoms with E-state index in [0.29, 0.717) is 12.5 Å². The first kappa shape index (κ1) is 20.5. The standard InChI is InChI=1S/C20H24FN3O.HI/c1-25-18-6-4-5-17(13-18)24-19(22)23-14-20(11-2-3-12-20)15-7-9-16(21)10-8-15;/h4-10,13H,2-3,11-12,14H2,1H3,(H3,22,23,24);1H. The van der Waals surface area contributed by atoms with Crippen LogP contribution in [0.25, 0.3) is 0 Å². The topological polar surface area (TPSA) is 59.6 Å². The first-order valence-electron chi connectivity index (χ1n) is 8.58. The van der Waals surface area contributed by atoms with E-state index >= 15 is 0 Å². The molecule has 2 aromatic rings. The summed E-state index contributed by atoms with van der Waals surface area (Å²) >= 11 is 0. The third-order valence-corrected chi connectivity index (χ3v) is 4.91. The van der Waals surface area contributed by atoms with Gasteiger partial charge in [-0.3, -0.25) is 4.99 Å². The van der Waals surface area contributed by atoms with Gasteiger partial charge in [-0.25, -0.2) is 4.39 Å². The van der Waals surface area contributed by atoms with Crippen molar-refractivity contribution in [1.29, 1.82) is 0 Å². The number of anilines is 1. The maximum Gasteiger partial charge on any atom is 0.193 e. The summed E-state index contributed by atoms with van der Waals surface area (Å²) < 4.78 is 18.5. The average Bonchev–Trinajstić information content (AvgIpc) is 3.11. The highest BCUT2D eigenvalue weighted by Gasteiger charge is 2.35. The molecule has 1 fully saturated rings. The number of guanidine groups is 1. The van der Waals surface area contributed by atoms with Gasteiger partial charge in [0, 0.05) is 17.2 Å². The Morgan fingerprint density at radius 1 is 1.19 bits per heavy atom. The van der Waals surface area contributed by atoms with Crippen LogP contribution in [0.2, 0.25) is 0 Å². The van der Waals surface area contributed by atoms with E-state index in [0.717, 1.165) is 42.7 Å². The highest BCUT2D eigenvalue weighted by molar-refractivity contribution is 14.0. The predicted octanol–water partition coefficient (Wildman–Crippen LogP) is 4.69. The van der Waals surface area contributed by atoms with Crippen molar-refractivity contribution < 1.29 is 9.13 Å². The maximum absolute atomic E-state index is 13.2. The van der Waals surface area contributed by atoms with Gasteiger partial charge >= 0.3 is 0 Å². The van der Waals surface area contributed by atoms with E-state index in [1.807, 2.05) is 36.4 Å². The summed E-state index contributed by atoms with van der Waals surface area (Å²) in [5, 5.41) is 3.11. The van der Waals surface area contributed by atoms with Crippen LogP contribution < -0.4 is 15.8 Å². The van der Waals surface area contributed by atoms with Crippen molar-refractivity contribution in [2.24, 2.45) is 10.7 Å². The zero-order valence-electron chi connectivity index (χ0n) is 14.9. The molecule has 0 bridgehead atoms. The Bertz CT molecular complexity index is 743. The molecule has 0 amide bonds. The van der Waals surface area contributed by atoms with Gasteiger partial charge in [-0.05, 0) is 42.7 Å². The molecule has 0 radical (unpaired) electrons. The van der Waals surface area contributed by atoms with Crippen molar-refractivity contribution in [2.75, 3.05) is 19.0 Å². The van der Waals surface area contributed by atoms with Crippen LogP contribution in [0, 0.1) is 5.82 Å². The molecule has 0 aromatic heterocycles. The predicted molar refractivity (Wildman–Crippen MR) is 115 cm³/mol. The van der Waals surface area contributed by atoms with Gasteiger partial charge in [0.1, 0.15) is 11.6 Å². The fraction of sp³-hybridized carbons (Fsp3) is 0.350. The SMILES string of the molecule is COc1cccc(NC(N)=NCC2(c3ccc(F)cc3)CCCC2)c1.I. The summed E-state index contributed by atoms with van der Waals surface area (Å²) in [7, 11) is 1.63. The molecule has 4 nitrogen and oxygen atoms in total. The number of nitrogens with two attached hydrogens (primary N) is 1. The molecule has 1 aliphatic rings. The van der Waals surface area contributed by atoms with Crippen LogP contribution in [-0.4, -0.2) is 19.6 Å². The molecule has 2 aromatic carbocycles. The van der Waals surface area contributed by atoms with E-state index in [4.69, 9.17) is 10.5 Å². The molecule has 6 heteroatoms. The maximum atomic E-state index is 13.2. The number of aliphatic imine (C=N–C) groups is 1. The lowest BCUT2D eigenvalue weighted by atomic mass is 9.79. The highest BCUT2D eigenvalue weighted by atomic mass is 127. The second-order valence-electron chi connectivity index (χ2n) is 6.55. The first-order chi connectivity index (χ1) is 12.1. The van der Waals surface area contributed by atoms with Crippen molar-refractivity contribution in [3.05, 3.63) is 59.9 Å². The molecule has 0 aliphatic heterocycles. The normalized spacial score (nSPS) is 16.0. The number of halogens is 2. The lowest BCUT2D eigenvalue weighted by molar-refractivity contribution is 0.415.